The highest BCUT2D eigenvalue weighted by Crippen LogP contribution is 2.27. The highest BCUT2D eigenvalue weighted by molar-refractivity contribution is 7.09. The van der Waals surface area contributed by atoms with E-state index in [0.29, 0.717) is 23.8 Å². The van der Waals surface area contributed by atoms with Gasteiger partial charge in [0.2, 0.25) is 0 Å². The number of H-pyrrole nitrogens is 1. The number of carbonyl (C=O) groups is 1. The van der Waals surface area contributed by atoms with Gasteiger partial charge in [-0.05, 0) is 38.7 Å². The zero-order chi connectivity index (χ0) is 15.1. The van der Waals surface area contributed by atoms with E-state index in [2.05, 4.69) is 20.6 Å². The largest absolute Gasteiger partial charge is 0.357 e. The maximum atomic E-state index is 12.4. The fourth-order valence-corrected chi connectivity index (χ4v) is 4.23. The lowest BCUT2D eigenvalue weighted by molar-refractivity contribution is 0.0919. The Kier molecular flexibility index (Phi) is 6.31. The number of aromatic nitrogens is 2. The van der Waals surface area contributed by atoms with E-state index in [1.807, 2.05) is 24.6 Å². The zero-order valence-corrected chi connectivity index (χ0v) is 15.8. The molecule has 2 aliphatic rings. The number of nitrogens with one attached hydrogen (secondary N) is 3. The van der Waals surface area contributed by atoms with Crippen LogP contribution in [-0.2, 0) is 0 Å². The van der Waals surface area contributed by atoms with Crippen LogP contribution in [0.5, 0.6) is 0 Å². The lowest BCUT2D eigenvalue weighted by Crippen LogP contribution is -2.48. The Morgan fingerprint density at radius 3 is 2.62 bits per heavy atom. The van der Waals surface area contributed by atoms with E-state index in [9.17, 15) is 4.79 Å². The molecule has 2 aromatic heterocycles. The number of amides is 1. The van der Waals surface area contributed by atoms with Gasteiger partial charge in [0, 0.05) is 35.3 Å². The molecule has 2 saturated heterocycles. The molecule has 4 rings (SSSR count). The summed E-state index contributed by atoms with van der Waals surface area (Å²) in [7, 11) is 0. The van der Waals surface area contributed by atoms with Crippen molar-refractivity contribution in [2.75, 3.05) is 0 Å². The smallest absolute Gasteiger partial charge is 0.267 e. The second-order valence-electron chi connectivity index (χ2n) is 6.33. The molecule has 2 fully saturated rings. The summed E-state index contributed by atoms with van der Waals surface area (Å²) in [5, 5.41) is 9.83. The van der Waals surface area contributed by atoms with Crippen LogP contribution >= 0.6 is 36.2 Å². The molecule has 0 saturated carbocycles. The van der Waals surface area contributed by atoms with Crippen LogP contribution in [0.3, 0.4) is 0 Å². The van der Waals surface area contributed by atoms with Crippen molar-refractivity contribution in [1.82, 2.24) is 20.6 Å². The second kappa shape index (κ2) is 7.87. The SMILES string of the molecule is Cc1nc(-c2c[nH]c(C(=O)NC3CC4CCC(C3)N4)c2)cs1.Cl.Cl. The summed E-state index contributed by atoms with van der Waals surface area (Å²) in [6, 6.07) is 3.35. The van der Waals surface area contributed by atoms with E-state index >= 15 is 0 Å². The van der Waals surface area contributed by atoms with Crippen molar-refractivity contribution in [2.45, 2.75) is 50.7 Å². The van der Waals surface area contributed by atoms with Gasteiger partial charge >= 0.3 is 0 Å². The van der Waals surface area contributed by atoms with E-state index in [4.69, 9.17) is 0 Å². The van der Waals surface area contributed by atoms with E-state index in [0.717, 1.165) is 29.1 Å². The second-order valence-corrected chi connectivity index (χ2v) is 7.40. The average Bonchev–Trinajstić information content (AvgIpc) is 3.19. The van der Waals surface area contributed by atoms with Crippen molar-refractivity contribution < 1.29 is 4.79 Å². The lowest BCUT2D eigenvalue weighted by Gasteiger charge is -2.29. The van der Waals surface area contributed by atoms with Crippen molar-refractivity contribution in [3.63, 3.8) is 0 Å². The minimum Gasteiger partial charge on any atom is -0.357 e. The third-order valence-electron chi connectivity index (χ3n) is 4.65. The topological polar surface area (TPSA) is 69.8 Å². The molecule has 3 N–H and O–H groups in total. The van der Waals surface area contributed by atoms with Crippen molar-refractivity contribution in [1.29, 1.82) is 0 Å². The number of hydrogen-bond donors (Lipinski definition) is 3. The van der Waals surface area contributed by atoms with Crippen molar-refractivity contribution in [3.05, 3.63) is 28.3 Å². The summed E-state index contributed by atoms with van der Waals surface area (Å²) in [4.78, 5) is 19.9. The molecule has 0 aromatic carbocycles. The molecule has 0 aliphatic carbocycles. The van der Waals surface area contributed by atoms with E-state index in [-0.39, 0.29) is 30.7 Å². The molecule has 2 atom stereocenters. The van der Waals surface area contributed by atoms with Gasteiger partial charge < -0.3 is 15.6 Å². The van der Waals surface area contributed by atoms with Crippen LogP contribution < -0.4 is 10.6 Å². The van der Waals surface area contributed by atoms with Gasteiger partial charge in [-0.2, -0.15) is 0 Å². The fourth-order valence-electron chi connectivity index (χ4n) is 3.61. The first-order valence-corrected chi connectivity index (χ1v) is 8.73. The molecule has 2 aliphatic heterocycles. The van der Waals surface area contributed by atoms with Crippen LogP contribution in [0, 0.1) is 6.92 Å². The van der Waals surface area contributed by atoms with Crippen LogP contribution in [0.2, 0.25) is 0 Å². The molecule has 24 heavy (non-hydrogen) atoms. The number of hydrogen-bond acceptors (Lipinski definition) is 4. The first-order chi connectivity index (χ1) is 10.7. The standard InChI is InChI=1S/C16H20N4OS.2ClH/c1-9-18-15(8-22-9)10-4-14(17-7-10)16(21)20-13-5-11-2-3-12(6-13)19-11;;/h4,7-8,11-13,17,19H,2-3,5-6H2,1H3,(H,20,21);2*1H. The molecular formula is C16H22Cl2N4OS. The van der Waals surface area contributed by atoms with Crippen molar-refractivity contribution >= 4 is 42.1 Å². The zero-order valence-electron chi connectivity index (χ0n) is 13.4. The molecule has 5 nitrogen and oxygen atoms in total. The highest BCUT2D eigenvalue weighted by atomic mass is 35.5. The normalized spacial score (nSPS) is 24.8. The third-order valence-corrected chi connectivity index (χ3v) is 5.42. The molecule has 8 heteroatoms. The predicted molar refractivity (Wildman–Crippen MR) is 102 cm³/mol. The van der Waals surface area contributed by atoms with Gasteiger partial charge in [0.15, 0.2) is 0 Å². The number of piperidine rings is 1. The number of rotatable bonds is 3. The first-order valence-electron chi connectivity index (χ1n) is 7.85. The molecule has 2 aromatic rings. The Labute approximate surface area is 157 Å². The Morgan fingerprint density at radius 2 is 2.00 bits per heavy atom. The fraction of sp³-hybridized carbons (Fsp3) is 0.500. The van der Waals surface area contributed by atoms with Crippen LogP contribution in [0.15, 0.2) is 17.6 Å². The quantitative estimate of drug-likeness (QED) is 0.755. The third kappa shape index (κ3) is 3.94. The lowest BCUT2D eigenvalue weighted by atomic mass is 10.00. The summed E-state index contributed by atoms with van der Waals surface area (Å²) >= 11 is 1.62. The number of nitrogens with zero attached hydrogens (tertiary/aromatic N) is 1. The number of carbonyl (C=O) groups excluding carboxylic acids is 1. The van der Waals surface area contributed by atoms with Crippen LogP contribution in [0.25, 0.3) is 11.3 Å². The number of fused-ring (bicyclic) bond motifs is 2. The summed E-state index contributed by atoms with van der Waals surface area (Å²) in [5.41, 5.74) is 2.52. The Bertz CT molecular complexity index is 690. The van der Waals surface area contributed by atoms with E-state index in [1.165, 1.54) is 12.8 Å². The summed E-state index contributed by atoms with van der Waals surface area (Å²) < 4.78 is 0. The van der Waals surface area contributed by atoms with Crippen LogP contribution in [0.4, 0.5) is 0 Å². The van der Waals surface area contributed by atoms with Gasteiger partial charge in [-0.25, -0.2) is 4.98 Å². The Balaban J connectivity index is 0.00000104. The van der Waals surface area contributed by atoms with Gasteiger partial charge in [-0.3, -0.25) is 4.79 Å². The molecular weight excluding hydrogens is 367 g/mol. The predicted octanol–water partition coefficient (Wildman–Crippen LogP) is 3.30. The monoisotopic (exact) mass is 388 g/mol. The Morgan fingerprint density at radius 1 is 1.29 bits per heavy atom. The molecule has 2 bridgehead atoms. The van der Waals surface area contributed by atoms with Gasteiger partial charge in [-0.1, -0.05) is 0 Å². The number of halogens is 2. The molecule has 132 valence electrons. The Hall–Kier alpha value is -1.08. The summed E-state index contributed by atoms with van der Waals surface area (Å²) in [6.45, 7) is 1.99. The summed E-state index contributed by atoms with van der Waals surface area (Å²) in [6.07, 6.45) is 6.43. The van der Waals surface area contributed by atoms with Crippen LogP contribution in [-0.4, -0.2) is 34.0 Å². The van der Waals surface area contributed by atoms with Crippen molar-refractivity contribution in [3.8, 4) is 11.3 Å². The van der Waals surface area contributed by atoms with Gasteiger partial charge in [-0.15, -0.1) is 36.2 Å². The first kappa shape index (κ1) is 19.2. The molecule has 0 spiro atoms. The number of aromatic amines is 1. The maximum Gasteiger partial charge on any atom is 0.267 e. The summed E-state index contributed by atoms with van der Waals surface area (Å²) in [5.74, 6) is -0.00972. The highest BCUT2D eigenvalue weighted by Gasteiger charge is 2.34. The van der Waals surface area contributed by atoms with Gasteiger partial charge in [0.05, 0.1) is 10.7 Å². The molecule has 2 unspecified atom stereocenters. The molecule has 4 heterocycles. The van der Waals surface area contributed by atoms with E-state index < -0.39 is 0 Å². The van der Waals surface area contributed by atoms with E-state index in [1.54, 1.807) is 11.3 Å². The van der Waals surface area contributed by atoms with Crippen molar-refractivity contribution in [2.24, 2.45) is 0 Å². The minimum absolute atomic E-state index is 0. The number of aryl methyl sites for hydroxylation is 1. The molecule has 0 radical (unpaired) electrons. The van der Waals surface area contributed by atoms with Gasteiger partial charge in [0.25, 0.3) is 5.91 Å². The maximum absolute atomic E-state index is 12.4. The number of thiazole rings is 1. The molecule has 1 amide bonds. The average molecular weight is 389 g/mol. The minimum atomic E-state index is -0.00972. The van der Waals surface area contributed by atoms with Crippen LogP contribution in [0.1, 0.15) is 41.2 Å². The van der Waals surface area contributed by atoms with Gasteiger partial charge in [0.1, 0.15) is 5.69 Å².